The number of Topliss-reactive ketones (excluding diaryl/α,β-unsaturated/α-hetero) is 1. The SMILES string of the molecule is O=C(Cc1ccc(O)cc1)c1ccc(O)c(Br)c1O. The summed E-state index contributed by atoms with van der Waals surface area (Å²) in [5.74, 6) is -0.544. The molecule has 0 aromatic heterocycles. The van der Waals surface area contributed by atoms with Crippen molar-refractivity contribution in [2.75, 3.05) is 0 Å². The molecular weight excluding hydrogens is 312 g/mol. The van der Waals surface area contributed by atoms with E-state index in [0.29, 0.717) is 0 Å². The predicted octanol–water partition coefficient (Wildman–Crippen LogP) is 2.99. The smallest absolute Gasteiger partial charge is 0.170 e. The third kappa shape index (κ3) is 2.88. The Morgan fingerprint density at radius 2 is 1.63 bits per heavy atom. The van der Waals surface area contributed by atoms with Gasteiger partial charge in [-0.05, 0) is 45.8 Å². The number of hydrogen-bond acceptors (Lipinski definition) is 4. The van der Waals surface area contributed by atoms with Gasteiger partial charge in [0.15, 0.2) is 5.78 Å². The van der Waals surface area contributed by atoms with Gasteiger partial charge in [0.05, 0.1) is 5.56 Å². The first-order chi connectivity index (χ1) is 8.99. The van der Waals surface area contributed by atoms with Crippen LogP contribution < -0.4 is 0 Å². The molecule has 0 aliphatic carbocycles. The van der Waals surface area contributed by atoms with Gasteiger partial charge < -0.3 is 15.3 Å². The summed E-state index contributed by atoms with van der Waals surface area (Å²) in [7, 11) is 0. The molecule has 2 aromatic rings. The molecule has 0 unspecified atom stereocenters. The van der Waals surface area contributed by atoms with Gasteiger partial charge in [0.2, 0.25) is 0 Å². The van der Waals surface area contributed by atoms with Gasteiger partial charge in [-0.2, -0.15) is 0 Å². The molecule has 0 aliphatic heterocycles. The number of benzene rings is 2. The topological polar surface area (TPSA) is 77.8 Å². The van der Waals surface area contributed by atoms with Crippen LogP contribution in [0.1, 0.15) is 15.9 Å². The highest BCUT2D eigenvalue weighted by atomic mass is 79.9. The maximum atomic E-state index is 12.1. The summed E-state index contributed by atoms with van der Waals surface area (Å²) in [5, 5.41) is 28.3. The molecule has 19 heavy (non-hydrogen) atoms. The van der Waals surface area contributed by atoms with Crippen molar-refractivity contribution >= 4 is 21.7 Å². The number of carbonyl (C=O) groups excluding carboxylic acids is 1. The lowest BCUT2D eigenvalue weighted by atomic mass is 10.0. The Morgan fingerprint density at radius 3 is 2.26 bits per heavy atom. The van der Waals surface area contributed by atoms with Crippen molar-refractivity contribution in [3.05, 3.63) is 52.0 Å². The third-order valence-electron chi connectivity index (χ3n) is 2.70. The Morgan fingerprint density at radius 1 is 1.00 bits per heavy atom. The number of rotatable bonds is 3. The molecule has 0 atom stereocenters. The van der Waals surface area contributed by atoms with Crippen LogP contribution >= 0.6 is 15.9 Å². The van der Waals surface area contributed by atoms with E-state index in [-0.39, 0.29) is 39.5 Å². The number of phenols is 3. The minimum absolute atomic E-state index is 0.101. The Bertz CT molecular complexity index is 620. The van der Waals surface area contributed by atoms with E-state index in [1.54, 1.807) is 12.1 Å². The fourth-order valence-electron chi connectivity index (χ4n) is 1.67. The van der Waals surface area contributed by atoms with Crippen LogP contribution in [0, 0.1) is 0 Å². The molecule has 3 N–H and O–H groups in total. The Labute approximate surface area is 118 Å². The lowest BCUT2D eigenvalue weighted by Crippen LogP contribution is -2.04. The second-order valence-corrected chi connectivity index (χ2v) is 4.85. The summed E-state index contributed by atoms with van der Waals surface area (Å²) in [6.07, 6.45) is 0.102. The number of halogens is 1. The van der Waals surface area contributed by atoms with Crippen molar-refractivity contribution in [2.24, 2.45) is 0 Å². The van der Waals surface area contributed by atoms with Crippen LogP contribution in [0.15, 0.2) is 40.9 Å². The molecule has 2 aromatic carbocycles. The first kappa shape index (κ1) is 13.4. The van der Waals surface area contributed by atoms with Gasteiger partial charge in [-0.1, -0.05) is 12.1 Å². The molecule has 0 bridgehead atoms. The Balaban J connectivity index is 2.25. The standard InChI is InChI=1S/C14H11BrO4/c15-13-11(17)6-5-10(14(13)19)12(18)7-8-1-3-9(16)4-2-8/h1-6,16-17,19H,7H2. The number of carbonyl (C=O) groups is 1. The number of phenolic OH excluding ortho intramolecular Hbond substituents is 3. The van der Waals surface area contributed by atoms with Crippen molar-refractivity contribution in [3.63, 3.8) is 0 Å². The summed E-state index contributed by atoms with van der Waals surface area (Å²) in [6.45, 7) is 0. The third-order valence-corrected chi connectivity index (χ3v) is 3.48. The fraction of sp³-hybridized carbons (Fsp3) is 0.0714. The van der Waals surface area contributed by atoms with Crippen molar-refractivity contribution in [1.82, 2.24) is 0 Å². The average molecular weight is 323 g/mol. The fourth-order valence-corrected chi connectivity index (χ4v) is 2.02. The zero-order chi connectivity index (χ0) is 14.0. The van der Waals surface area contributed by atoms with Gasteiger partial charge in [0.25, 0.3) is 0 Å². The lowest BCUT2D eigenvalue weighted by molar-refractivity contribution is 0.0990. The molecule has 5 heteroatoms. The Hall–Kier alpha value is -2.01. The van der Waals surface area contributed by atoms with Crippen molar-refractivity contribution in [1.29, 1.82) is 0 Å². The van der Waals surface area contributed by atoms with E-state index in [9.17, 15) is 15.0 Å². The van der Waals surface area contributed by atoms with Gasteiger partial charge in [-0.15, -0.1) is 0 Å². The average Bonchev–Trinajstić information content (AvgIpc) is 2.39. The lowest BCUT2D eigenvalue weighted by Gasteiger charge is -2.07. The molecule has 2 rings (SSSR count). The highest BCUT2D eigenvalue weighted by Crippen LogP contribution is 2.36. The summed E-state index contributed by atoms with van der Waals surface area (Å²) >= 11 is 3.01. The molecule has 0 saturated heterocycles. The monoisotopic (exact) mass is 322 g/mol. The second kappa shape index (κ2) is 5.32. The van der Waals surface area contributed by atoms with Gasteiger partial charge >= 0.3 is 0 Å². The molecule has 4 nitrogen and oxygen atoms in total. The van der Waals surface area contributed by atoms with E-state index in [1.807, 2.05) is 0 Å². The number of hydrogen-bond donors (Lipinski definition) is 3. The van der Waals surface area contributed by atoms with Gasteiger partial charge in [-0.25, -0.2) is 0 Å². The zero-order valence-corrected chi connectivity index (χ0v) is 11.4. The zero-order valence-electron chi connectivity index (χ0n) is 9.80. The molecule has 98 valence electrons. The van der Waals surface area contributed by atoms with E-state index in [4.69, 9.17) is 5.11 Å². The second-order valence-electron chi connectivity index (χ2n) is 4.06. The van der Waals surface area contributed by atoms with Crippen molar-refractivity contribution < 1.29 is 20.1 Å². The van der Waals surface area contributed by atoms with Gasteiger partial charge in [-0.3, -0.25) is 4.79 Å². The van der Waals surface area contributed by atoms with Gasteiger partial charge in [0, 0.05) is 6.42 Å². The molecule has 0 radical (unpaired) electrons. The summed E-state index contributed by atoms with van der Waals surface area (Å²) in [6, 6.07) is 8.98. The van der Waals surface area contributed by atoms with E-state index < -0.39 is 0 Å². The number of ketones is 1. The minimum Gasteiger partial charge on any atom is -0.508 e. The molecule has 0 saturated carbocycles. The summed E-state index contributed by atoms with van der Waals surface area (Å²) < 4.78 is 0.101. The summed E-state index contributed by atoms with van der Waals surface area (Å²) in [4.78, 5) is 12.1. The number of aromatic hydroxyl groups is 3. The minimum atomic E-state index is -0.274. The van der Waals surface area contributed by atoms with E-state index in [1.165, 1.54) is 24.3 Å². The van der Waals surface area contributed by atoms with Crippen molar-refractivity contribution in [2.45, 2.75) is 6.42 Å². The van der Waals surface area contributed by atoms with Crippen LogP contribution in [0.5, 0.6) is 17.2 Å². The van der Waals surface area contributed by atoms with Crippen LogP contribution in [-0.2, 0) is 6.42 Å². The molecular formula is C14H11BrO4. The quantitative estimate of drug-likeness (QED) is 0.759. The first-order valence-electron chi connectivity index (χ1n) is 5.50. The first-order valence-corrected chi connectivity index (χ1v) is 6.30. The predicted molar refractivity (Wildman–Crippen MR) is 73.6 cm³/mol. The normalized spacial score (nSPS) is 10.4. The van der Waals surface area contributed by atoms with Crippen LogP contribution in [0.4, 0.5) is 0 Å². The molecule has 0 spiro atoms. The van der Waals surface area contributed by atoms with E-state index in [0.717, 1.165) is 5.56 Å². The largest absolute Gasteiger partial charge is 0.508 e. The molecule has 0 aliphatic rings. The Kier molecular flexibility index (Phi) is 3.76. The van der Waals surface area contributed by atoms with Crippen molar-refractivity contribution in [3.8, 4) is 17.2 Å². The summed E-state index contributed by atoms with van der Waals surface area (Å²) in [5.41, 5.74) is 0.865. The van der Waals surface area contributed by atoms with E-state index in [2.05, 4.69) is 15.9 Å². The van der Waals surface area contributed by atoms with Crippen LogP contribution in [0.3, 0.4) is 0 Å². The van der Waals surface area contributed by atoms with Crippen LogP contribution in [-0.4, -0.2) is 21.1 Å². The highest BCUT2D eigenvalue weighted by Gasteiger charge is 2.16. The maximum Gasteiger partial charge on any atom is 0.170 e. The molecule has 0 heterocycles. The van der Waals surface area contributed by atoms with Crippen LogP contribution in [0.2, 0.25) is 0 Å². The highest BCUT2D eigenvalue weighted by molar-refractivity contribution is 9.10. The van der Waals surface area contributed by atoms with E-state index >= 15 is 0 Å². The molecule has 0 fully saturated rings. The van der Waals surface area contributed by atoms with Gasteiger partial charge in [0.1, 0.15) is 21.7 Å². The maximum absolute atomic E-state index is 12.1. The van der Waals surface area contributed by atoms with Crippen LogP contribution in [0.25, 0.3) is 0 Å². The molecule has 0 amide bonds.